The molecule has 2 heterocycles. The van der Waals surface area contributed by atoms with E-state index < -0.39 is 0 Å². The van der Waals surface area contributed by atoms with E-state index in [1.54, 1.807) is 4.68 Å². The lowest BCUT2D eigenvalue weighted by molar-refractivity contribution is -0.133. The van der Waals surface area contributed by atoms with Gasteiger partial charge in [0.25, 0.3) is 0 Å². The number of hydrogen-bond acceptors (Lipinski definition) is 4. The van der Waals surface area contributed by atoms with E-state index in [4.69, 9.17) is 0 Å². The van der Waals surface area contributed by atoms with Gasteiger partial charge in [0, 0.05) is 13.1 Å². The van der Waals surface area contributed by atoms with E-state index in [0.717, 1.165) is 24.5 Å². The van der Waals surface area contributed by atoms with Crippen LogP contribution in [0.5, 0.6) is 0 Å². The fourth-order valence-corrected chi connectivity index (χ4v) is 3.51. The smallest absolute Gasteiger partial charge is 0.236 e. The Hall–Kier alpha value is -2.21. The zero-order valence-electron chi connectivity index (χ0n) is 15.2. The minimum absolute atomic E-state index is 0.0268. The second-order valence-electron chi connectivity index (χ2n) is 7.27. The molecule has 0 spiro atoms. The Morgan fingerprint density at radius 1 is 1.24 bits per heavy atom. The quantitative estimate of drug-likeness (QED) is 0.907. The predicted octanol–water partition coefficient (Wildman–Crippen LogP) is 2.42. The highest BCUT2D eigenvalue weighted by molar-refractivity contribution is 5.78. The molecule has 3 atom stereocenters. The summed E-state index contributed by atoms with van der Waals surface area (Å²) in [5, 5.41) is 11.7. The maximum atomic E-state index is 12.5. The molecule has 0 aliphatic carbocycles. The molecule has 1 aromatic carbocycles. The normalized spacial score (nSPS) is 22.0. The van der Waals surface area contributed by atoms with Crippen LogP contribution in [0.3, 0.4) is 0 Å². The summed E-state index contributed by atoms with van der Waals surface area (Å²) in [6.07, 6.45) is 3.11. The van der Waals surface area contributed by atoms with Gasteiger partial charge in [0.1, 0.15) is 0 Å². The summed E-state index contributed by atoms with van der Waals surface area (Å²) in [6.45, 7) is 8.50. The Kier molecular flexibility index (Phi) is 5.48. The first-order valence-corrected chi connectivity index (χ1v) is 9.01. The predicted molar refractivity (Wildman–Crippen MR) is 97.3 cm³/mol. The fourth-order valence-electron chi connectivity index (χ4n) is 3.51. The Bertz CT molecular complexity index is 689. The van der Waals surface area contributed by atoms with Crippen molar-refractivity contribution in [2.45, 2.75) is 33.2 Å². The number of piperidine rings is 1. The molecule has 0 radical (unpaired) electrons. The number of hydrogen-bond donors (Lipinski definition) is 1. The van der Waals surface area contributed by atoms with Crippen LogP contribution in [0, 0.1) is 11.8 Å². The summed E-state index contributed by atoms with van der Waals surface area (Å²) in [7, 11) is 0. The topological polar surface area (TPSA) is 63.1 Å². The van der Waals surface area contributed by atoms with Crippen LogP contribution in [-0.2, 0) is 4.79 Å². The Labute approximate surface area is 149 Å². The van der Waals surface area contributed by atoms with Crippen molar-refractivity contribution in [3.05, 3.63) is 42.2 Å². The first-order chi connectivity index (χ1) is 12.0. The number of likely N-dealkylation sites (tertiary alicyclic amines) is 1. The van der Waals surface area contributed by atoms with Crippen LogP contribution < -0.4 is 5.32 Å². The lowest BCUT2D eigenvalue weighted by Gasteiger charge is -2.35. The number of nitrogens with one attached hydrogen (secondary N) is 1. The first kappa shape index (κ1) is 17.6. The molecule has 1 saturated heterocycles. The van der Waals surface area contributed by atoms with Gasteiger partial charge in [-0.3, -0.25) is 4.79 Å². The standard InChI is InChI=1S/C19H27N5O/c1-14-9-15(2)12-23(11-14)19(25)10-20-16(3)18-13-24(22-21-18)17-7-5-4-6-8-17/h4-8,13-16,20H,9-12H2,1-3H3. The van der Waals surface area contributed by atoms with Crippen molar-refractivity contribution < 1.29 is 4.79 Å². The van der Waals surface area contributed by atoms with Crippen LogP contribution in [0.25, 0.3) is 5.69 Å². The minimum atomic E-state index is -0.0268. The highest BCUT2D eigenvalue weighted by atomic mass is 16.2. The van der Waals surface area contributed by atoms with Crippen LogP contribution in [0.4, 0.5) is 0 Å². The summed E-state index contributed by atoms with van der Waals surface area (Å²) >= 11 is 0. The average molecular weight is 341 g/mol. The third-order valence-corrected chi connectivity index (χ3v) is 4.76. The van der Waals surface area contributed by atoms with E-state index in [9.17, 15) is 4.79 Å². The van der Waals surface area contributed by atoms with Gasteiger partial charge in [0.15, 0.2) is 0 Å². The van der Waals surface area contributed by atoms with E-state index in [0.29, 0.717) is 18.4 Å². The molecule has 0 bridgehead atoms. The zero-order valence-corrected chi connectivity index (χ0v) is 15.2. The molecule has 3 rings (SSSR count). The van der Waals surface area contributed by atoms with Crippen molar-refractivity contribution in [1.82, 2.24) is 25.2 Å². The van der Waals surface area contributed by atoms with Crippen LogP contribution in [0.2, 0.25) is 0 Å². The summed E-state index contributed by atoms with van der Waals surface area (Å²) in [4.78, 5) is 14.5. The van der Waals surface area contributed by atoms with Gasteiger partial charge in [-0.25, -0.2) is 4.68 Å². The number of carbonyl (C=O) groups is 1. The highest BCUT2D eigenvalue weighted by Crippen LogP contribution is 2.21. The molecular weight excluding hydrogens is 314 g/mol. The summed E-state index contributed by atoms with van der Waals surface area (Å²) in [5.74, 6) is 1.33. The number of aromatic nitrogens is 3. The molecule has 1 N–H and O–H groups in total. The van der Waals surface area contributed by atoms with Gasteiger partial charge in [0.05, 0.1) is 30.2 Å². The molecule has 6 heteroatoms. The van der Waals surface area contributed by atoms with Gasteiger partial charge in [-0.1, -0.05) is 37.3 Å². The molecule has 1 aliphatic rings. The average Bonchev–Trinajstić information content (AvgIpc) is 3.09. The SMILES string of the molecule is CC1CC(C)CN(C(=O)CNC(C)c2cn(-c3ccccc3)nn2)C1. The zero-order chi connectivity index (χ0) is 17.8. The number of rotatable bonds is 5. The van der Waals surface area contributed by atoms with Gasteiger partial charge in [-0.15, -0.1) is 5.10 Å². The van der Waals surface area contributed by atoms with E-state index in [-0.39, 0.29) is 11.9 Å². The number of benzene rings is 1. The molecule has 0 saturated carbocycles. The van der Waals surface area contributed by atoms with Crippen molar-refractivity contribution >= 4 is 5.91 Å². The van der Waals surface area contributed by atoms with Crippen LogP contribution in [0.1, 0.15) is 38.9 Å². The molecular formula is C19H27N5O. The Balaban J connectivity index is 1.55. The second-order valence-corrected chi connectivity index (χ2v) is 7.27. The van der Waals surface area contributed by atoms with Crippen molar-refractivity contribution in [2.24, 2.45) is 11.8 Å². The summed E-state index contributed by atoms with van der Waals surface area (Å²) < 4.78 is 1.75. The highest BCUT2D eigenvalue weighted by Gasteiger charge is 2.25. The van der Waals surface area contributed by atoms with Crippen molar-refractivity contribution in [2.75, 3.05) is 19.6 Å². The minimum Gasteiger partial charge on any atom is -0.341 e. The molecule has 1 aromatic heterocycles. The Morgan fingerprint density at radius 2 is 1.92 bits per heavy atom. The van der Waals surface area contributed by atoms with E-state index in [1.807, 2.05) is 48.4 Å². The molecule has 1 amide bonds. The van der Waals surface area contributed by atoms with E-state index in [1.165, 1.54) is 6.42 Å². The molecule has 6 nitrogen and oxygen atoms in total. The lowest BCUT2D eigenvalue weighted by Crippen LogP contribution is -2.46. The molecule has 3 unspecified atom stereocenters. The van der Waals surface area contributed by atoms with Gasteiger partial charge in [-0.05, 0) is 37.3 Å². The molecule has 1 aliphatic heterocycles. The first-order valence-electron chi connectivity index (χ1n) is 9.01. The van der Waals surface area contributed by atoms with Crippen LogP contribution >= 0.6 is 0 Å². The van der Waals surface area contributed by atoms with Crippen LogP contribution in [-0.4, -0.2) is 45.4 Å². The molecule has 1 fully saturated rings. The Morgan fingerprint density at radius 3 is 2.60 bits per heavy atom. The number of para-hydroxylation sites is 1. The second kappa shape index (κ2) is 7.78. The number of carbonyl (C=O) groups excluding carboxylic acids is 1. The van der Waals surface area contributed by atoms with E-state index in [2.05, 4.69) is 29.5 Å². The summed E-state index contributed by atoms with van der Waals surface area (Å²) in [5.41, 5.74) is 1.80. The molecule has 134 valence electrons. The number of amides is 1. The van der Waals surface area contributed by atoms with Gasteiger partial charge in [0.2, 0.25) is 5.91 Å². The largest absolute Gasteiger partial charge is 0.341 e. The van der Waals surface area contributed by atoms with Crippen LogP contribution in [0.15, 0.2) is 36.5 Å². The van der Waals surface area contributed by atoms with Gasteiger partial charge < -0.3 is 10.2 Å². The fraction of sp³-hybridized carbons (Fsp3) is 0.526. The summed E-state index contributed by atoms with van der Waals surface area (Å²) in [6, 6.07) is 9.85. The van der Waals surface area contributed by atoms with Gasteiger partial charge in [-0.2, -0.15) is 0 Å². The maximum Gasteiger partial charge on any atom is 0.236 e. The molecule has 25 heavy (non-hydrogen) atoms. The van der Waals surface area contributed by atoms with E-state index >= 15 is 0 Å². The van der Waals surface area contributed by atoms with Crippen molar-refractivity contribution in [3.63, 3.8) is 0 Å². The lowest BCUT2D eigenvalue weighted by atomic mass is 9.92. The third-order valence-electron chi connectivity index (χ3n) is 4.76. The third kappa shape index (κ3) is 4.45. The van der Waals surface area contributed by atoms with Crippen molar-refractivity contribution in [3.8, 4) is 5.69 Å². The van der Waals surface area contributed by atoms with Gasteiger partial charge >= 0.3 is 0 Å². The number of nitrogens with zero attached hydrogens (tertiary/aromatic N) is 4. The monoisotopic (exact) mass is 341 g/mol. The molecule has 2 aromatic rings. The van der Waals surface area contributed by atoms with Crippen molar-refractivity contribution in [1.29, 1.82) is 0 Å². The maximum absolute atomic E-state index is 12.5.